The summed E-state index contributed by atoms with van der Waals surface area (Å²) in [7, 11) is 1.19. The van der Waals surface area contributed by atoms with Crippen molar-refractivity contribution in [3.05, 3.63) is 75.0 Å². The maximum atomic E-state index is 11.7. The van der Waals surface area contributed by atoms with Gasteiger partial charge in [0.15, 0.2) is 5.78 Å². The van der Waals surface area contributed by atoms with Crippen LogP contribution in [-0.2, 0) is 4.74 Å². The number of carbonyl (C=O) groups is 2. The van der Waals surface area contributed by atoms with E-state index >= 15 is 0 Å². The monoisotopic (exact) mass is 392 g/mol. The Balaban J connectivity index is 2.03. The number of ketones is 1. The fourth-order valence-electron chi connectivity index (χ4n) is 2.88. The predicted molar refractivity (Wildman–Crippen MR) is 107 cm³/mol. The number of carbonyl (C=O) groups excluding carboxylic acids is 2. The molecule has 0 amide bonds. The van der Waals surface area contributed by atoms with Crippen molar-refractivity contribution < 1.29 is 24.4 Å². The van der Waals surface area contributed by atoms with Gasteiger partial charge in [-0.1, -0.05) is 0 Å². The van der Waals surface area contributed by atoms with Gasteiger partial charge >= 0.3 is 5.97 Å². The van der Waals surface area contributed by atoms with Crippen LogP contribution in [-0.4, -0.2) is 33.9 Å². The summed E-state index contributed by atoms with van der Waals surface area (Å²) in [6, 6.07) is 10.2. The third-order valence-corrected chi connectivity index (χ3v) is 4.32. The van der Waals surface area contributed by atoms with Gasteiger partial charge in [-0.15, -0.1) is 0 Å². The van der Waals surface area contributed by atoms with E-state index in [1.807, 2.05) is 0 Å². The zero-order chi connectivity index (χ0) is 21.1. The first-order chi connectivity index (χ1) is 13.8. The minimum absolute atomic E-state index is 0.0712. The molecule has 0 saturated heterocycles. The molecule has 3 aromatic rings. The summed E-state index contributed by atoms with van der Waals surface area (Å²) in [5.74, 6) is -0.897. The summed E-state index contributed by atoms with van der Waals surface area (Å²) >= 11 is 0. The fourth-order valence-corrected chi connectivity index (χ4v) is 2.88. The number of nitro groups is 1. The number of esters is 1. The highest BCUT2D eigenvalue weighted by Crippen LogP contribution is 2.28. The molecule has 8 nitrogen and oxygen atoms in total. The summed E-state index contributed by atoms with van der Waals surface area (Å²) in [6.07, 6.45) is 3.03. The topological polar surface area (TPSA) is 120 Å². The highest BCUT2D eigenvalue weighted by molar-refractivity contribution is 6.07. The van der Waals surface area contributed by atoms with E-state index in [1.165, 1.54) is 44.4 Å². The van der Waals surface area contributed by atoms with Gasteiger partial charge in [0.1, 0.15) is 11.3 Å². The Kier molecular flexibility index (Phi) is 5.36. The average Bonchev–Trinajstić information content (AvgIpc) is 2.71. The number of pyridine rings is 1. The van der Waals surface area contributed by atoms with Crippen molar-refractivity contribution in [2.24, 2.45) is 0 Å². The number of hydrogen-bond donors (Lipinski definition) is 1. The molecule has 146 valence electrons. The zero-order valence-corrected chi connectivity index (χ0v) is 15.6. The van der Waals surface area contributed by atoms with E-state index in [1.54, 1.807) is 18.2 Å². The minimum Gasteiger partial charge on any atom is -0.506 e. The highest BCUT2D eigenvalue weighted by atomic mass is 16.6. The number of rotatable bonds is 5. The number of nitrogens with zero attached hydrogens (tertiary/aromatic N) is 2. The molecule has 0 aliphatic heterocycles. The molecule has 29 heavy (non-hydrogen) atoms. The lowest BCUT2D eigenvalue weighted by Crippen LogP contribution is -2.02. The van der Waals surface area contributed by atoms with Crippen LogP contribution in [0.15, 0.2) is 42.5 Å². The van der Waals surface area contributed by atoms with Gasteiger partial charge in [-0.3, -0.25) is 14.9 Å². The predicted octanol–water partition coefficient (Wildman–Crippen LogP) is 4.01. The summed E-state index contributed by atoms with van der Waals surface area (Å²) in [4.78, 5) is 38.4. The van der Waals surface area contributed by atoms with Crippen LogP contribution in [0.5, 0.6) is 5.75 Å². The first-order valence-corrected chi connectivity index (χ1v) is 8.50. The number of fused-ring (bicyclic) bond motifs is 1. The molecular weight excluding hydrogens is 376 g/mol. The van der Waals surface area contributed by atoms with Crippen LogP contribution in [0.2, 0.25) is 0 Å². The van der Waals surface area contributed by atoms with Gasteiger partial charge in [-0.2, -0.15) is 0 Å². The Hall–Kier alpha value is -4.07. The van der Waals surface area contributed by atoms with Gasteiger partial charge < -0.3 is 9.84 Å². The Morgan fingerprint density at radius 3 is 2.55 bits per heavy atom. The van der Waals surface area contributed by atoms with Gasteiger partial charge in [-0.05, 0) is 55.5 Å². The van der Waals surface area contributed by atoms with Crippen LogP contribution in [0.3, 0.4) is 0 Å². The zero-order valence-electron chi connectivity index (χ0n) is 15.6. The van der Waals surface area contributed by atoms with Crippen molar-refractivity contribution in [2.45, 2.75) is 6.92 Å². The largest absolute Gasteiger partial charge is 0.506 e. The van der Waals surface area contributed by atoms with Crippen molar-refractivity contribution in [3.8, 4) is 5.75 Å². The lowest BCUT2D eigenvalue weighted by atomic mass is 10.0. The smallest absolute Gasteiger partial charge is 0.338 e. The van der Waals surface area contributed by atoms with E-state index in [2.05, 4.69) is 9.72 Å². The van der Waals surface area contributed by atoms with Gasteiger partial charge in [0.25, 0.3) is 5.69 Å². The van der Waals surface area contributed by atoms with Crippen LogP contribution in [0.4, 0.5) is 5.69 Å². The number of phenols is 1. The van der Waals surface area contributed by atoms with Crippen molar-refractivity contribution in [1.82, 2.24) is 4.98 Å². The number of methoxy groups -OCH3 is 1. The first kappa shape index (κ1) is 19.7. The summed E-state index contributed by atoms with van der Waals surface area (Å²) < 4.78 is 4.58. The number of aromatic hydroxyl groups is 1. The van der Waals surface area contributed by atoms with Crippen LogP contribution >= 0.6 is 0 Å². The molecule has 0 unspecified atom stereocenters. The molecule has 0 spiro atoms. The number of nitro benzene ring substituents is 1. The molecule has 3 rings (SSSR count). The molecular formula is C21H16N2O6. The number of hydrogen-bond acceptors (Lipinski definition) is 7. The second kappa shape index (κ2) is 7.89. The maximum Gasteiger partial charge on any atom is 0.338 e. The molecule has 0 bridgehead atoms. The fraction of sp³-hybridized carbons (Fsp3) is 0.0952. The molecule has 0 fully saturated rings. The van der Waals surface area contributed by atoms with E-state index in [0.29, 0.717) is 16.6 Å². The van der Waals surface area contributed by atoms with Gasteiger partial charge in [-0.25, -0.2) is 9.78 Å². The minimum atomic E-state index is -0.670. The van der Waals surface area contributed by atoms with Crippen molar-refractivity contribution in [3.63, 3.8) is 0 Å². The maximum absolute atomic E-state index is 11.7. The number of phenolic OH excluding ortho intramolecular Hbond substituents is 1. The first-order valence-electron chi connectivity index (χ1n) is 8.50. The van der Waals surface area contributed by atoms with Crippen molar-refractivity contribution >= 4 is 40.5 Å². The lowest BCUT2D eigenvalue weighted by Gasteiger charge is -2.06. The molecule has 0 atom stereocenters. The number of Topliss-reactive ketones (excluding diaryl/α,β-unsaturated/α-hetero) is 1. The van der Waals surface area contributed by atoms with Crippen molar-refractivity contribution in [1.29, 1.82) is 0 Å². The Bertz CT molecular complexity index is 1180. The normalized spacial score (nSPS) is 11.0. The Labute approximate surface area is 165 Å². The number of aromatic nitrogens is 1. The third-order valence-electron chi connectivity index (χ3n) is 4.32. The lowest BCUT2D eigenvalue weighted by molar-refractivity contribution is -0.385. The standard InChI is InChI=1S/C21H16N2O6/c1-12(24)16-9-10-19(25)20-17(16)8-7-15(22-20)6-5-13-3-4-14(21(26)29-2)11-18(13)23(27)28/h3-11,25H,1-2H3/b6-5+. The highest BCUT2D eigenvalue weighted by Gasteiger charge is 2.16. The summed E-state index contributed by atoms with van der Waals surface area (Å²) in [5, 5.41) is 22.0. The van der Waals surface area contributed by atoms with E-state index in [4.69, 9.17) is 0 Å². The molecule has 1 N–H and O–H groups in total. The number of ether oxygens (including phenoxy) is 1. The summed E-state index contributed by atoms with van der Waals surface area (Å²) in [5.41, 5.74) is 1.21. The molecule has 0 aliphatic rings. The second-order valence-corrected chi connectivity index (χ2v) is 6.18. The van der Waals surface area contributed by atoms with Crippen LogP contribution in [0.1, 0.15) is 38.9 Å². The van der Waals surface area contributed by atoms with Gasteiger partial charge in [0.05, 0.1) is 28.9 Å². The van der Waals surface area contributed by atoms with Crippen LogP contribution in [0, 0.1) is 10.1 Å². The quantitative estimate of drug-likeness (QED) is 0.301. The van der Waals surface area contributed by atoms with Gasteiger partial charge in [0.2, 0.25) is 0 Å². The molecule has 0 saturated carbocycles. The van der Waals surface area contributed by atoms with E-state index in [-0.39, 0.29) is 33.9 Å². The Morgan fingerprint density at radius 2 is 1.90 bits per heavy atom. The van der Waals surface area contributed by atoms with E-state index < -0.39 is 10.9 Å². The average molecular weight is 392 g/mol. The molecule has 1 heterocycles. The molecule has 0 radical (unpaired) electrons. The molecule has 0 aliphatic carbocycles. The SMILES string of the molecule is COC(=O)c1ccc(/C=C/c2ccc3c(C(C)=O)ccc(O)c3n2)c([N+](=O)[O-])c1. The molecule has 8 heteroatoms. The van der Waals surface area contributed by atoms with E-state index in [9.17, 15) is 24.8 Å². The second-order valence-electron chi connectivity index (χ2n) is 6.18. The van der Waals surface area contributed by atoms with E-state index in [0.717, 1.165) is 6.07 Å². The molecule has 2 aromatic carbocycles. The van der Waals surface area contributed by atoms with Gasteiger partial charge in [0, 0.05) is 17.0 Å². The molecule has 1 aromatic heterocycles. The Morgan fingerprint density at radius 1 is 1.14 bits per heavy atom. The number of benzene rings is 2. The van der Waals surface area contributed by atoms with Crippen LogP contribution in [0.25, 0.3) is 23.1 Å². The summed E-state index contributed by atoms with van der Waals surface area (Å²) in [6.45, 7) is 1.43. The van der Waals surface area contributed by atoms with Crippen LogP contribution < -0.4 is 0 Å². The third kappa shape index (κ3) is 3.96. The van der Waals surface area contributed by atoms with Crippen molar-refractivity contribution in [2.75, 3.05) is 7.11 Å².